The summed E-state index contributed by atoms with van der Waals surface area (Å²) >= 11 is 0. The van der Waals surface area contributed by atoms with Crippen LogP contribution in [-0.2, 0) is 15.5 Å². The summed E-state index contributed by atoms with van der Waals surface area (Å²) in [6.45, 7) is 0.126. The Kier molecular flexibility index (Phi) is 7.62. The van der Waals surface area contributed by atoms with E-state index in [0.717, 1.165) is 27.6 Å². The Morgan fingerprint density at radius 1 is 0.794 bits per heavy atom. The number of hydrogen-bond donors (Lipinski definition) is 0. The zero-order chi connectivity index (χ0) is 23.9. The second kappa shape index (κ2) is 11.0. The number of rotatable bonds is 9. The van der Waals surface area contributed by atoms with Gasteiger partial charge in [0.2, 0.25) is 0 Å². The summed E-state index contributed by atoms with van der Waals surface area (Å²) in [4.78, 5) is 1.30. The van der Waals surface area contributed by atoms with Crippen LogP contribution >= 0.6 is 0 Å². The van der Waals surface area contributed by atoms with Crippen molar-refractivity contribution in [2.45, 2.75) is 9.79 Å². The summed E-state index contributed by atoms with van der Waals surface area (Å²) < 4.78 is 35.5. The first kappa shape index (κ1) is 23.5. The van der Waals surface area contributed by atoms with Crippen molar-refractivity contribution in [2.75, 3.05) is 28.1 Å². The van der Waals surface area contributed by atoms with E-state index >= 15 is 0 Å². The molecule has 34 heavy (non-hydrogen) atoms. The molecular formula is C28H26O5S. The third-order valence-electron chi connectivity index (χ3n) is 5.34. The van der Waals surface area contributed by atoms with E-state index < -0.39 is 10.8 Å². The first-order valence-electron chi connectivity index (χ1n) is 10.7. The highest BCUT2D eigenvalue weighted by molar-refractivity contribution is 7.85. The minimum atomic E-state index is -1.50. The van der Waals surface area contributed by atoms with Crippen LogP contribution in [0.25, 0.3) is 22.9 Å². The molecule has 0 fully saturated rings. The summed E-state index contributed by atoms with van der Waals surface area (Å²) in [5.74, 6) is 2.00. The van der Waals surface area contributed by atoms with Crippen LogP contribution in [0.4, 0.5) is 0 Å². The van der Waals surface area contributed by atoms with Crippen LogP contribution in [0.3, 0.4) is 0 Å². The highest BCUT2D eigenvalue weighted by Gasteiger charge is 2.19. The van der Waals surface area contributed by atoms with E-state index in [9.17, 15) is 4.21 Å². The number of ether oxygens (including phenoxy) is 4. The van der Waals surface area contributed by atoms with Crippen LogP contribution < -0.4 is 14.2 Å². The van der Waals surface area contributed by atoms with Crippen LogP contribution in [0.2, 0.25) is 0 Å². The number of benzene rings is 4. The number of methoxy groups -OCH3 is 3. The van der Waals surface area contributed by atoms with Crippen LogP contribution in [0.15, 0.2) is 88.7 Å². The van der Waals surface area contributed by atoms with E-state index in [1.807, 2.05) is 84.9 Å². The standard InChI is InChI=1S/C28H26O5S/c1-30-19-33-24-15-17-27(22(18-24)11-8-20-9-13-23(31-2)14-10-20)34(29)28-25-7-5-4-6-21(25)12-16-26(28)32-3/h4-18H,19H2,1-3H3/b11-8+/t34-/m1/s1. The summed E-state index contributed by atoms with van der Waals surface area (Å²) in [6.07, 6.45) is 3.90. The Bertz CT molecular complexity index is 1330. The fourth-order valence-corrected chi connectivity index (χ4v) is 5.10. The number of fused-ring (bicyclic) bond motifs is 1. The molecule has 0 N–H and O–H groups in total. The van der Waals surface area contributed by atoms with Gasteiger partial charge in [0.25, 0.3) is 0 Å². The molecule has 0 saturated heterocycles. The minimum Gasteiger partial charge on any atom is -0.497 e. The minimum absolute atomic E-state index is 0.126. The molecular weight excluding hydrogens is 448 g/mol. The summed E-state index contributed by atoms with van der Waals surface area (Å²) in [5.41, 5.74) is 1.77. The van der Waals surface area contributed by atoms with Crippen LogP contribution in [0.5, 0.6) is 17.2 Å². The van der Waals surface area contributed by atoms with Gasteiger partial charge in [0.05, 0.1) is 34.8 Å². The predicted molar refractivity (Wildman–Crippen MR) is 136 cm³/mol. The van der Waals surface area contributed by atoms with E-state index in [1.54, 1.807) is 27.4 Å². The molecule has 174 valence electrons. The Morgan fingerprint density at radius 2 is 1.56 bits per heavy atom. The maximum absolute atomic E-state index is 14.0. The van der Waals surface area contributed by atoms with Gasteiger partial charge in [-0.05, 0) is 52.9 Å². The van der Waals surface area contributed by atoms with Gasteiger partial charge < -0.3 is 18.9 Å². The van der Waals surface area contributed by atoms with Gasteiger partial charge in [0.15, 0.2) is 6.79 Å². The summed E-state index contributed by atoms with van der Waals surface area (Å²) in [6, 6.07) is 24.9. The Balaban J connectivity index is 1.80. The Hall–Kier alpha value is -3.61. The first-order chi connectivity index (χ1) is 16.6. The van der Waals surface area contributed by atoms with Gasteiger partial charge in [-0.3, -0.25) is 0 Å². The molecule has 1 atom stereocenters. The topological polar surface area (TPSA) is 54.0 Å². The molecule has 0 unspecified atom stereocenters. The molecule has 0 spiro atoms. The Labute approximate surface area is 202 Å². The van der Waals surface area contributed by atoms with Crippen molar-refractivity contribution < 1.29 is 23.2 Å². The smallest absolute Gasteiger partial charge is 0.188 e. The molecule has 0 aliphatic heterocycles. The lowest BCUT2D eigenvalue weighted by Gasteiger charge is -2.14. The SMILES string of the molecule is COCOc1ccc([S@@](=O)c2c(OC)ccc3ccccc23)c(/C=C/c2ccc(OC)cc2)c1. The van der Waals surface area contributed by atoms with Crippen molar-refractivity contribution in [3.05, 3.63) is 90.0 Å². The van der Waals surface area contributed by atoms with Crippen molar-refractivity contribution in [3.63, 3.8) is 0 Å². The van der Waals surface area contributed by atoms with E-state index in [1.165, 1.54) is 0 Å². The van der Waals surface area contributed by atoms with Gasteiger partial charge in [0.1, 0.15) is 17.2 Å². The molecule has 6 heteroatoms. The molecule has 4 rings (SSSR count). The second-order valence-electron chi connectivity index (χ2n) is 7.44. The van der Waals surface area contributed by atoms with Gasteiger partial charge >= 0.3 is 0 Å². The summed E-state index contributed by atoms with van der Waals surface area (Å²) in [5, 5.41) is 1.90. The molecule has 5 nitrogen and oxygen atoms in total. The fraction of sp³-hybridized carbons (Fsp3) is 0.143. The molecule has 0 radical (unpaired) electrons. The molecule has 0 aliphatic rings. The second-order valence-corrected chi connectivity index (χ2v) is 8.83. The normalized spacial score (nSPS) is 12.1. The van der Waals surface area contributed by atoms with Crippen molar-refractivity contribution in [3.8, 4) is 17.2 Å². The van der Waals surface area contributed by atoms with Crippen molar-refractivity contribution in [2.24, 2.45) is 0 Å². The third kappa shape index (κ3) is 5.14. The average molecular weight is 475 g/mol. The van der Waals surface area contributed by atoms with Crippen molar-refractivity contribution in [1.82, 2.24) is 0 Å². The van der Waals surface area contributed by atoms with Gasteiger partial charge in [-0.25, -0.2) is 4.21 Å². The van der Waals surface area contributed by atoms with Crippen molar-refractivity contribution >= 4 is 33.7 Å². The average Bonchev–Trinajstić information content (AvgIpc) is 2.90. The van der Waals surface area contributed by atoms with Crippen LogP contribution in [-0.4, -0.2) is 32.3 Å². The lowest BCUT2D eigenvalue weighted by atomic mass is 10.1. The van der Waals surface area contributed by atoms with Gasteiger partial charge in [0, 0.05) is 12.5 Å². The highest BCUT2D eigenvalue weighted by Crippen LogP contribution is 2.36. The summed E-state index contributed by atoms with van der Waals surface area (Å²) in [7, 11) is 3.30. The lowest BCUT2D eigenvalue weighted by molar-refractivity contribution is 0.0511. The Morgan fingerprint density at radius 3 is 2.29 bits per heavy atom. The zero-order valence-corrected chi connectivity index (χ0v) is 20.1. The highest BCUT2D eigenvalue weighted by atomic mass is 32.2. The monoisotopic (exact) mass is 474 g/mol. The fourth-order valence-electron chi connectivity index (χ4n) is 3.63. The van der Waals surface area contributed by atoms with Gasteiger partial charge in [-0.1, -0.05) is 54.6 Å². The molecule has 0 aliphatic carbocycles. The molecule has 4 aromatic carbocycles. The maximum atomic E-state index is 14.0. The van der Waals surface area contributed by atoms with E-state index in [2.05, 4.69) is 0 Å². The predicted octanol–water partition coefficient (Wildman–Crippen LogP) is 6.18. The molecule has 0 amide bonds. The molecule has 0 aromatic heterocycles. The lowest BCUT2D eigenvalue weighted by Crippen LogP contribution is -2.02. The largest absolute Gasteiger partial charge is 0.497 e. The van der Waals surface area contributed by atoms with Gasteiger partial charge in [-0.15, -0.1) is 0 Å². The number of hydrogen-bond acceptors (Lipinski definition) is 5. The van der Waals surface area contributed by atoms with E-state index in [-0.39, 0.29) is 6.79 Å². The van der Waals surface area contributed by atoms with Crippen molar-refractivity contribution in [1.29, 1.82) is 0 Å². The molecule has 0 heterocycles. The molecule has 0 saturated carbocycles. The zero-order valence-electron chi connectivity index (χ0n) is 19.3. The maximum Gasteiger partial charge on any atom is 0.188 e. The molecule has 4 aromatic rings. The van der Waals surface area contributed by atoms with E-state index in [4.69, 9.17) is 18.9 Å². The van der Waals surface area contributed by atoms with Crippen LogP contribution in [0.1, 0.15) is 11.1 Å². The van der Waals surface area contributed by atoms with Crippen LogP contribution in [0, 0.1) is 0 Å². The third-order valence-corrected chi connectivity index (χ3v) is 6.91. The van der Waals surface area contributed by atoms with Gasteiger partial charge in [-0.2, -0.15) is 0 Å². The van der Waals surface area contributed by atoms with E-state index in [0.29, 0.717) is 21.3 Å². The quantitative estimate of drug-likeness (QED) is 0.214. The molecule has 0 bridgehead atoms. The first-order valence-corrected chi connectivity index (χ1v) is 11.8.